The Morgan fingerprint density at radius 1 is 1.18 bits per heavy atom. The summed E-state index contributed by atoms with van der Waals surface area (Å²) in [5.74, 6) is 2.78. The highest BCUT2D eigenvalue weighted by atomic mass is 127. The molecule has 22 heavy (non-hydrogen) atoms. The number of ether oxygens (including phenoxy) is 1. The lowest BCUT2D eigenvalue weighted by molar-refractivity contribution is 0.322. The number of nitrogens with zero attached hydrogens (tertiary/aromatic N) is 1. The van der Waals surface area contributed by atoms with Crippen LogP contribution in [0.3, 0.4) is 0 Å². The van der Waals surface area contributed by atoms with Gasteiger partial charge in [-0.3, -0.25) is 4.99 Å². The Bertz CT molecular complexity index is 444. The van der Waals surface area contributed by atoms with Gasteiger partial charge in [-0.1, -0.05) is 30.5 Å². The molecule has 124 valence electrons. The molecule has 1 fully saturated rings. The fourth-order valence-corrected chi connectivity index (χ4v) is 2.20. The highest BCUT2D eigenvalue weighted by Gasteiger charge is 2.19. The first-order valence-corrected chi connectivity index (χ1v) is 7.92. The van der Waals surface area contributed by atoms with Crippen LogP contribution < -0.4 is 15.4 Å². The molecule has 0 unspecified atom stereocenters. The van der Waals surface area contributed by atoms with Crippen LogP contribution in [-0.4, -0.2) is 32.7 Å². The number of halogens is 1. The SMILES string of the molecule is CN=C(NCCCC1CC1)NCCOc1ccc(C)cc1.I. The number of guanidine groups is 1. The molecule has 5 heteroatoms. The highest BCUT2D eigenvalue weighted by molar-refractivity contribution is 14.0. The van der Waals surface area contributed by atoms with Crippen LogP contribution in [0.4, 0.5) is 0 Å². The maximum absolute atomic E-state index is 5.68. The van der Waals surface area contributed by atoms with Crippen LogP contribution in [0.1, 0.15) is 31.2 Å². The van der Waals surface area contributed by atoms with Gasteiger partial charge in [-0.25, -0.2) is 0 Å². The van der Waals surface area contributed by atoms with E-state index in [1.54, 1.807) is 7.05 Å². The Hall–Kier alpha value is -0.980. The van der Waals surface area contributed by atoms with Crippen LogP contribution in [0.2, 0.25) is 0 Å². The van der Waals surface area contributed by atoms with E-state index in [0.29, 0.717) is 6.61 Å². The van der Waals surface area contributed by atoms with Crippen LogP contribution in [0.5, 0.6) is 5.75 Å². The van der Waals surface area contributed by atoms with Crippen molar-refractivity contribution in [2.75, 3.05) is 26.7 Å². The van der Waals surface area contributed by atoms with E-state index in [2.05, 4.69) is 34.7 Å². The lowest BCUT2D eigenvalue weighted by Crippen LogP contribution is -2.39. The molecule has 1 aliphatic carbocycles. The van der Waals surface area contributed by atoms with E-state index in [1.165, 1.54) is 31.2 Å². The number of hydrogen-bond donors (Lipinski definition) is 2. The van der Waals surface area contributed by atoms with Crippen molar-refractivity contribution in [3.63, 3.8) is 0 Å². The molecular formula is C17H28IN3O. The molecule has 1 aromatic rings. The predicted molar refractivity (Wildman–Crippen MR) is 103 cm³/mol. The van der Waals surface area contributed by atoms with Crippen LogP contribution >= 0.6 is 24.0 Å². The van der Waals surface area contributed by atoms with E-state index >= 15 is 0 Å². The molecule has 0 spiro atoms. The normalized spacial score (nSPS) is 14.2. The molecule has 4 nitrogen and oxygen atoms in total. The van der Waals surface area contributed by atoms with Crippen molar-refractivity contribution in [3.05, 3.63) is 29.8 Å². The minimum Gasteiger partial charge on any atom is -0.492 e. The quantitative estimate of drug-likeness (QED) is 0.295. The summed E-state index contributed by atoms with van der Waals surface area (Å²) in [6, 6.07) is 8.12. The van der Waals surface area contributed by atoms with Crippen molar-refractivity contribution < 1.29 is 4.74 Å². The molecule has 0 radical (unpaired) electrons. The van der Waals surface area contributed by atoms with Gasteiger partial charge >= 0.3 is 0 Å². The molecule has 0 aliphatic heterocycles. The molecule has 0 bridgehead atoms. The molecular weight excluding hydrogens is 389 g/mol. The van der Waals surface area contributed by atoms with Crippen LogP contribution in [0.25, 0.3) is 0 Å². The van der Waals surface area contributed by atoms with Gasteiger partial charge < -0.3 is 15.4 Å². The van der Waals surface area contributed by atoms with E-state index < -0.39 is 0 Å². The molecule has 1 aromatic carbocycles. The fraction of sp³-hybridized carbons (Fsp3) is 0.588. The number of aryl methyl sites for hydroxylation is 1. The number of benzene rings is 1. The first kappa shape index (κ1) is 19.1. The van der Waals surface area contributed by atoms with Crippen molar-refractivity contribution in [2.24, 2.45) is 10.9 Å². The number of hydrogen-bond acceptors (Lipinski definition) is 2. The van der Waals surface area contributed by atoms with E-state index in [1.807, 2.05) is 12.1 Å². The van der Waals surface area contributed by atoms with E-state index in [0.717, 1.165) is 30.7 Å². The summed E-state index contributed by atoms with van der Waals surface area (Å²) in [6.45, 7) is 4.45. The van der Waals surface area contributed by atoms with Gasteiger partial charge in [0.05, 0.1) is 6.54 Å². The molecule has 2 N–H and O–H groups in total. The van der Waals surface area contributed by atoms with Crippen LogP contribution in [0, 0.1) is 12.8 Å². The number of nitrogens with one attached hydrogen (secondary N) is 2. The fourth-order valence-electron chi connectivity index (χ4n) is 2.20. The molecule has 0 amide bonds. The minimum atomic E-state index is 0. The molecule has 0 saturated heterocycles. The van der Waals surface area contributed by atoms with E-state index in [-0.39, 0.29) is 24.0 Å². The molecule has 0 aromatic heterocycles. The molecule has 0 atom stereocenters. The van der Waals surface area contributed by atoms with Gasteiger partial charge in [0.2, 0.25) is 0 Å². The van der Waals surface area contributed by atoms with Gasteiger partial charge in [0.25, 0.3) is 0 Å². The van der Waals surface area contributed by atoms with Crippen molar-refractivity contribution in [1.29, 1.82) is 0 Å². The third kappa shape index (κ3) is 7.87. The maximum Gasteiger partial charge on any atom is 0.191 e. The first-order valence-electron chi connectivity index (χ1n) is 7.92. The van der Waals surface area contributed by atoms with Gasteiger partial charge in [0.1, 0.15) is 12.4 Å². The van der Waals surface area contributed by atoms with Gasteiger partial charge in [-0.2, -0.15) is 0 Å². The van der Waals surface area contributed by atoms with Crippen molar-refractivity contribution in [2.45, 2.75) is 32.6 Å². The van der Waals surface area contributed by atoms with Crippen molar-refractivity contribution in [3.8, 4) is 5.75 Å². The van der Waals surface area contributed by atoms with Gasteiger partial charge in [0.15, 0.2) is 5.96 Å². The maximum atomic E-state index is 5.68. The minimum absolute atomic E-state index is 0. The molecule has 2 rings (SSSR count). The smallest absolute Gasteiger partial charge is 0.191 e. The monoisotopic (exact) mass is 417 g/mol. The third-order valence-corrected chi connectivity index (χ3v) is 3.69. The van der Waals surface area contributed by atoms with Gasteiger partial charge in [-0.15, -0.1) is 24.0 Å². The van der Waals surface area contributed by atoms with E-state index in [9.17, 15) is 0 Å². The average Bonchev–Trinajstić information content (AvgIpc) is 3.31. The first-order chi connectivity index (χ1) is 10.3. The second-order valence-corrected chi connectivity index (χ2v) is 5.67. The Morgan fingerprint density at radius 3 is 2.50 bits per heavy atom. The second kappa shape index (κ2) is 10.7. The zero-order valence-corrected chi connectivity index (χ0v) is 15.9. The molecule has 1 saturated carbocycles. The Balaban J connectivity index is 0.00000242. The van der Waals surface area contributed by atoms with Crippen molar-refractivity contribution in [1.82, 2.24) is 10.6 Å². The summed E-state index contributed by atoms with van der Waals surface area (Å²) in [5.41, 5.74) is 1.25. The summed E-state index contributed by atoms with van der Waals surface area (Å²) in [4.78, 5) is 4.22. The molecule has 1 aliphatic rings. The van der Waals surface area contributed by atoms with Gasteiger partial charge in [0, 0.05) is 13.6 Å². The van der Waals surface area contributed by atoms with Crippen LogP contribution in [-0.2, 0) is 0 Å². The Labute approximate surface area is 151 Å². The zero-order valence-electron chi connectivity index (χ0n) is 13.6. The zero-order chi connectivity index (χ0) is 14.9. The van der Waals surface area contributed by atoms with Gasteiger partial charge in [-0.05, 0) is 37.8 Å². The lowest BCUT2D eigenvalue weighted by Gasteiger charge is -2.12. The summed E-state index contributed by atoms with van der Waals surface area (Å²) in [7, 11) is 1.80. The highest BCUT2D eigenvalue weighted by Crippen LogP contribution is 2.33. The topological polar surface area (TPSA) is 45.7 Å². The number of aliphatic imine (C=N–C) groups is 1. The summed E-state index contributed by atoms with van der Waals surface area (Å²) in [6.07, 6.45) is 5.44. The summed E-state index contributed by atoms with van der Waals surface area (Å²) in [5, 5.41) is 6.61. The predicted octanol–water partition coefficient (Wildman–Crippen LogP) is 3.35. The molecule has 0 heterocycles. The summed E-state index contributed by atoms with van der Waals surface area (Å²) < 4.78 is 5.68. The standard InChI is InChI=1S/C17H27N3O.HI/c1-14-5-9-16(10-6-14)21-13-12-20-17(18-2)19-11-3-4-15-7-8-15;/h5-6,9-10,15H,3-4,7-8,11-13H2,1-2H3,(H2,18,19,20);1H. The largest absolute Gasteiger partial charge is 0.492 e. The van der Waals surface area contributed by atoms with Crippen LogP contribution in [0.15, 0.2) is 29.3 Å². The van der Waals surface area contributed by atoms with E-state index in [4.69, 9.17) is 4.74 Å². The lowest BCUT2D eigenvalue weighted by atomic mass is 10.2. The Morgan fingerprint density at radius 2 is 1.86 bits per heavy atom. The Kier molecular flexibility index (Phi) is 9.27. The summed E-state index contributed by atoms with van der Waals surface area (Å²) >= 11 is 0. The number of rotatable bonds is 8. The van der Waals surface area contributed by atoms with Crippen molar-refractivity contribution >= 4 is 29.9 Å². The second-order valence-electron chi connectivity index (χ2n) is 5.67. The third-order valence-electron chi connectivity index (χ3n) is 3.69. The average molecular weight is 417 g/mol.